The van der Waals surface area contributed by atoms with Crippen LogP contribution in [0.4, 0.5) is 4.79 Å². The van der Waals surface area contributed by atoms with Crippen molar-refractivity contribution in [1.29, 1.82) is 0 Å². The lowest BCUT2D eigenvalue weighted by molar-refractivity contribution is -0.145. The average Bonchev–Trinajstić information content (AvgIpc) is 2.90. The van der Waals surface area contributed by atoms with Gasteiger partial charge in [0.1, 0.15) is 6.61 Å². The van der Waals surface area contributed by atoms with E-state index >= 15 is 0 Å². The summed E-state index contributed by atoms with van der Waals surface area (Å²) in [4.78, 5) is 26.1. The Hall–Kier alpha value is -1.30. The second-order valence-corrected chi connectivity index (χ2v) is 10.7. The van der Waals surface area contributed by atoms with Crippen molar-refractivity contribution in [2.75, 3.05) is 39.5 Å². The zero-order chi connectivity index (χ0) is 27.6. The molecule has 0 fully saturated rings. The van der Waals surface area contributed by atoms with E-state index in [0.29, 0.717) is 13.0 Å². The average molecular weight is 528 g/mol. The van der Waals surface area contributed by atoms with Gasteiger partial charge in [0.25, 0.3) is 0 Å². The van der Waals surface area contributed by atoms with Crippen molar-refractivity contribution in [2.24, 2.45) is 11.8 Å². The van der Waals surface area contributed by atoms with Gasteiger partial charge in [-0.15, -0.1) is 0 Å². The molecule has 1 unspecified atom stereocenters. The Bertz CT molecular complexity index is 512. The lowest BCUT2D eigenvalue weighted by atomic mass is 9.89. The minimum absolute atomic E-state index is 0.0478. The number of ether oxygens (including phenoxy) is 3. The number of carbonyl (C=O) groups is 2. The van der Waals surface area contributed by atoms with E-state index in [4.69, 9.17) is 14.2 Å². The second kappa shape index (κ2) is 26.3. The van der Waals surface area contributed by atoms with E-state index < -0.39 is 6.16 Å². The van der Waals surface area contributed by atoms with Crippen molar-refractivity contribution in [3.8, 4) is 0 Å². The van der Waals surface area contributed by atoms with Crippen LogP contribution in [0.25, 0.3) is 0 Å². The van der Waals surface area contributed by atoms with Crippen molar-refractivity contribution >= 4 is 12.1 Å². The maximum absolute atomic E-state index is 12.1. The van der Waals surface area contributed by atoms with Gasteiger partial charge in [0.15, 0.2) is 0 Å². The summed E-state index contributed by atoms with van der Waals surface area (Å²) < 4.78 is 15.7. The third-order valence-corrected chi connectivity index (χ3v) is 7.17. The smallest absolute Gasteiger partial charge is 0.465 e. The van der Waals surface area contributed by atoms with E-state index in [-0.39, 0.29) is 25.1 Å². The van der Waals surface area contributed by atoms with Crippen LogP contribution < -0.4 is 0 Å². The summed E-state index contributed by atoms with van der Waals surface area (Å²) in [7, 11) is 0. The van der Waals surface area contributed by atoms with Gasteiger partial charge in [0, 0.05) is 18.9 Å². The molecule has 220 valence electrons. The minimum atomic E-state index is -0.647. The van der Waals surface area contributed by atoms with Gasteiger partial charge in [-0.1, -0.05) is 118 Å². The van der Waals surface area contributed by atoms with Gasteiger partial charge in [-0.2, -0.15) is 0 Å². The van der Waals surface area contributed by atoms with Crippen LogP contribution in [0.15, 0.2) is 0 Å². The first-order valence-corrected chi connectivity index (χ1v) is 15.6. The zero-order valence-electron chi connectivity index (χ0n) is 25.2. The first-order valence-electron chi connectivity index (χ1n) is 15.6. The molecule has 0 aromatic rings. The molecule has 0 aliphatic heterocycles. The first-order chi connectivity index (χ1) is 18.0. The third-order valence-electron chi connectivity index (χ3n) is 7.17. The highest BCUT2D eigenvalue weighted by Crippen LogP contribution is 2.24. The maximum atomic E-state index is 12.1. The number of carbonyl (C=O) groups excluding carboxylic acids is 2. The van der Waals surface area contributed by atoms with Crippen molar-refractivity contribution in [3.05, 3.63) is 0 Å². The van der Waals surface area contributed by atoms with Crippen LogP contribution in [-0.2, 0) is 19.0 Å². The topological polar surface area (TPSA) is 65.1 Å². The molecule has 1 atom stereocenters. The molecule has 0 rings (SSSR count). The normalized spacial score (nSPS) is 12.2. The van der Waals surface area contributed by atoms with E-state index in [1.807, 2.05) is 6.92 Å². The highest BCUT2D eigenvalue weighted by molar-refractivity contribution is 5.69. The van der Waals surface area contributed by atoms with E-state index in [0.717, 1.165) is 44.8 Å². The number of unbranched alkanes of at least 4 members (excludes halogenated alkanes) is 8. The van der Waals surface area contributed by atoms with Crippen LogP contribution in [0.2, 0.25) is 0 Å². The minimum Gasteiger partial charge on any atom is -0.465 e. The molecule has 0 radical (unpaired) electrons. The van der Waals surface area contributed by atoms with Gasteiger partial charge in [0.2, 0.25) is 0 Å². The standard InChI is InChI=1S/C31H61NO5/c1-6-10-12-15-20-29(21-16-13-11-7-2)22-17-14-18-23-30(33)36-26-28(5)27-37-31(34)35-25-19-24-32(8-3)9-4/h28-29H,6-27H2,1-5H3. The molecule has 0 N–H and O–H groups in total. The summed E-state index contributed by atoms with van der Waals surface area (Å²) in [5, 5.41) is 0. The quantitative estimate of drug-likeness (QED) is 0.0829. The fourth-order valence-corrected chi connectivity index (χ4v) is 4.62. The number of hydrogen-bond acceptors (Lipinski definition) is 6. The monoisotopic (exact) mass is 527 g/mol. The Labute approximate surface area is 229 Å². The molecule has 37 heavy (non-hydrogen) atoms. The molecule has 0 spiro atoms. The molecule has 0 aliphatic rings. The summed E-state index contributed by atoms with van der Waals surface area (Å²) >= 11 is 0. The van der Waals surface area contributed by atoms with Gasteiger partial charge < -0.3 is 19.1 Å². The number of rotatable bonds is 26. The first kappa shape index (κ1) is 35.7. The molecule has 0 aromatic carbocycles. The van der Waals surface area contributed by atoms with Gasteiger partial charge in [-0.05, 0) is 31.8 Å². The summed E-state index contributed by atoms with van der Waals surface area (Å²) in [6, 6.07) is 0. The fraction of sp³-hybridized carbons (Fsp3) is 0.935. The van der Waals surface area contributed by atoms with Crippen LogP contribution in [-0.4, -0.2) is 56.5 Å². The van der Waals surface area contributed by atoms with Crippen LogP contribution in [0.1, 0.15) is 137 Å². The van der Waals surface area contributed by atoms with E-state index in [1.165, 1.54) is 77.0 Å². The van der Waals surface area contributed by atoms with E-state index in [1.54, 1.807) is 0 Å². The lowest BCUT2D eigenvalue weighted by Crippen LogP contribution is -2.25. The van der Waals surface area contributed by atoms with Crippen LogP contribution >= 0.6 is 0 Å². The van der Waals surface area contributed by atoms with E-state index in [9.17, 15) is 9.59 Å². The highest BCUT2D eigenvalue weighted by Gasteiger charge is 2.12. The van der Waals surface area contributed by atoms with Gasteiger partial charge >= 0.3 is 12.1 Å². The predicted octanol–water partition coefficient (Wildman–Crippen LogP) is 8.56. The Balaban J connectivity index is 3.88. The van der Waals surface area contributed by atoms with Gasteiger partial charge in [-0.3, -0.25) is 4.79 Å². The number of nitrogens with zero attached hydrogens (tertiary/aromatic N) is 1. The van der Waals surface area contributed by atoms with Crippen molar-refractivity contribution in [2.45, 2.75) is 137 Å². The Morgan fingerprint density at radius 1 is 0.649 bits per heavy atom. The number of esters is 1. The number of hydrogen-bond donors (Lipinski definition) is 0. The fourth-order valence-electron chi connectivity index (χ4n) is 4.62. The van der Waals surface area contributed by atoms with Crippen LogP contribution in [0.3, 0.4) is 0 Å². The Morgan fingerprint density at radius 2 is 1.19 bits per heavy atom. The molecule has 0 amide bonds. The molecule has 6 nitrogen and oxygen atoms in total. The van der Waals surface area contributed by atoms with Crippen molar-refractivity contribution in [1.82, 2.24) is 4.90 Å². The summed E-state index contributed by atoms with van der Waals surface area (Å²) in [6.07, 6.45) is 18.6. The Morgan fingerprint density at radius 3 is 1.73 bits per heavy atom. The summed E-state index contributed by atoms with van der Waals surface area (Å²) in [6.45, 7) is 14.4. The molecular weight excluding hydrogens is 466 g/mol. The van der Waals surface area contributed by atoms with Gasteiger partial charge in [0.05, 0.1) is 13.2 Å². The van der Waals surface area contributed by atoms with Crippen molar-refractivity contribution in [3.63, 3.8) is 0 Å². The van der Waals surface area contributed by atoms with E-state index in [2.05, 4.69) is 32.6 Å². The molecule has 0 saturated carbocycles. The molecule has 0 aromatic heterocycles. The third kappa shape index (κ3) is 23.5. The SMILES string of the molecule is CCCCCCC(CCCCCC)CCCCCC(=O)OCC(C)COC(=O)OCCCN(CC)CC. The summed E-state index contributed by atoms with van der Waals surface area (Å²) in [5.74, 6) is 0.658. The largest absolute Gasteiger partial charge is 0.508 e. The van der Waals surface area contributed by atoms with Crippen LogP contribution in [0.5, 0.6) is 0 Å². The summed E-state index contributed by atoms with van der Waals surface area (Å²) in [5.41, 5.74) is 0. The molecule has 0 heterocycles. The molecule has 0 saturated heterocycles. The Kier molecular flexibility index (Phi) is 25.4. The molecular formula is C31H61NO5. The molecule has 0 aliphatic carbocycles. The molecule has 6 heteroatoms. The van der Waals surface area contributed by atoms with Gasteiger partial charge in [-0.25, -0.2) is 4.79 Å². The molecule has 0 bridgehead atoms. The second-order valence-electron chi connectivity index (χ2n) is 10.7. The lowest BCUT2D eigenvalue weighted by Gasteiger charge is -2.17. The van der Waals surface area contributed by atoms with Crippen molar-refractivity contribution < 1.29 is 23.8 Å². The predicted molar refractivity (Wildman–Crippen MR) is 154 cm³/mol. The zero-order valence-corrected chi connectivity index (χ0v) is 25.2. The highest BCUT2D eigenvalue weighted by atomic mass is 16.7. The maximum Gasteiger partial charge on any atom is 0.508 e. The van der Waals surface area contributed by atoms with Crippen LogP contribution in [0, 0.1) is 11.8 Å².